The van der Waals surface area contributed by atoms with Crippen LogP contribution in [0.25, 0.3) is 0 Å². The molecular formula is C9H16N2O. The molecule has 0 aliphatic carbocycles. The van der Waals surface area contributed by atoms with Crippen LogP contribution in [0.4, 0.5) is 0 Å². The minimum atomic E-state index is 0.342. The molecule has 1 aliphatic heterocycles. The van der Waals surface area contributed by atoms with Gasteiger partial charge in [0.05, 0.1) is 12.6 Å². The van der Waals surface area contributed by atoms with Crippen molar-refractivity contribution in [3.8, 4) is 6.07 Å². The summed E-state index contributed by atoms with van der Waals surface area (Å²) in [6.07, 6.45) is 2.21. The van der Waals surface area contributed by atoms with Crippen LogP contribution in [0, 0.1) is 16.7 Å². The molecule has 68 valence electrons. The van der Waals surface area contributed by atoms with Crippen molar-refractivity contribution in [1.82, 2.24) is 5.32 Å². The number of hydrogen-bond acceptors (Lipinski definition) is 3. The fourth-order valence-corrected chi connectivity index (χ4v) is 1.46. The summed E-state index contributed by atoms with van der Waals surface area (Å²) in [6, 6.07) is 2.08. The molecule has 1 heterocycles. The Balaban J connectivity index is 2.23. The molecule has 0 saturated carbocycles. The Labute approximate surface area is 73.7 Å². The van der Waals surface area contributed by atoms with Crippen LogP contribution in [-0.4, -0.2) is 26.3 Å². The molecule has 0 radical (unpaired) electrons. The summed E-state index contributed by atoms with van der Waals surface area (Å²) < 4.78 is 5.28. The minimum Gasteiger partial charge on any atom is -0.381 e. The zero-order chi connectivity index (χ0) is 8.86. The Hall–Kier alpha value is -0.590. The highest BCUT2D eigenvalue weighted by Gasteiger charge is 2.26. The fourth-order valence-electron chi connectivity index (χ4n) is 1.46. The Morgan fingerprint density at radius 1 is 1.50 bits per heavy atom. The lowest BCUT2D eigenvalue weighted by Gasteiger charge is -2.33. The van der Waals surface area contributed by atoms with E-state index in [4.69, 9.17) is 10.00 Å². The quantitative estimate of drug-likeness (QED) is 0.503. The summed E-state index contributed by atoms with van der Waals surface area (Å²) in [7, 11) is 0. The van der Waals surface area contributed by atoms with Crippen molar-refractivity contribution in [2.75, 3.05) is 26.3 Å². The van der Waals surface area contributed by atoms with Gasteiger partial charge in [-0.3, -0.25) is 0 Å². The van der Waals surface area contributed by atoms with E-state index in [1.54, 1.807) is 0 Å². The van der Waals surface area contributed by atoms with Gasteiger partial charge in [0.25, 0.3) is 0 Å². The normalized spacial score (nSPS) is 21.7. The van der Waals surface area contributed by atoms with Gasteiger partial charge >= 0.3 is 0 Å². The van der Waals surface area contributed by atoms with Gasteiger partial charge in [-0.05, 0) is 18.3 Å². The van der Waals surface area contributed by atoms with Crippen molar-refractivity contribution < 1.29 is 4.74 Å². The maximum absolute atomic E-state index is 8.34. The lowest BCUT2D eigenvalue weighted by molar-refractivity contribution is 0.0246. The first-order valence-corrected chi connectivity index (χ1v) is 4.42. The molecule has 0 atom stereocenters. The van der Waals surface area contributed by atoms with E-state index in [-0.39, 0.29) is 0 Å². The standard InChI is InChI=1S/C9H16N2O/c1-9(8-11-5-4-10)2-6-12-7-3-9/h11H,2-3,5-8H2,1H3. The van der Waals surface area contributed by atoms with Gasteiger partial charge < -0.3 is 10.1 Å². The third-order valence-electron chi connectivity index (χ3n) is 2.46. The van der Waals surface area contributed by atoms with E-state index < -0.39 is 0 Å². The third-order valence-corrected chi connectivity index (χ3v) is 2.46. The highest BCUT2D eigenvalue weighted by Crippen LogP contribution is 2.28. The highest BCUT2D eigenvalue weighted by molar-refractivity contribution is 4.82. The number of nitrogens with one attached hydrogen (secondary N) is 1. The average molecular weight is 168 g/mol. The maximum Gasteiger partial charge on any atom is 0.0841 e. The van der Waals surface area contributed by atoms with Crippen molar-refractivity contribution in [2.24, 2.45) is 5.41 Å². The van der Waals surface area contributed by atoms with Crippen LogP contribution in [0.3, 0.4) is 0 Å². The van der Waals surface area contributed by atoms with Crippen LogP contribution in [0.2, 0.25) is 0 Å². The summed E-state index contributed by atoms with van der Waals surface area (Å²) in [5.74, 6) is 0. The van der Waals surface area contributed by atoms with Gasteiger partial charge in [-0.1, -0.05) is 6.92 Å². The molecular weight excluding hydrogens is 152 g/mol. The number of rotatable bonds is 3. The monoisotopic (exact) mass is 168 g/mol. The van der Waals surface area contributed by atoms with E-state index in [1.165, 1.54) is 0 Å². The molecule has 0 aromatic heterocycles. The summed E-state index contributed by atoms with van der Waals surface area (Å²) in [4.78, 5) is 0. The lowest BCUT2D eigenvalue weighted by atomic mass is 9.82. The summed E-state index contributed by atoms with van der Waals surface area (Å²) in [5, 5.41) is 11.5. The van der Waals surface area contributed by atoms with E-state index in [1.807, 2.05) is 0 Å². The number of nitrogens with zero attached hydrogens (tertiary/aromatic N) is 1. The van der Waals surface area contributed by atoms with Gasteiger partial charge in [0, 0.05) is 19.8 Å². The van der Waals surface area contributed by atoms with E-state index in [0.29, 0.717) is 12.0 Å². The molecule has 1 fully saturated rings. The van der Waals surface area contributed by atoms with Crippen LogP contribution >= 0.6 is 0 Å². The van der Waals surface area contributed by atoms with Crippen molar-refractivity contribution >= 4 is 0 Å². The molecule has 1 rings (SSSR count). The topological polar surface area (TPSA) is 45.0 Å². The van der Waals surface area contributed by atoms with E-state index in [0.717, 1.165) is 32.6 Å². The molecule has 0 unspecified atom stereocenters. The Morgan fingerprint density at radius 2 is 2.17 bits per heavy atom. The molecule has 0 spiro atoms. The summed E-state index contributed by atoms with van der Waals surface area (Å²) in [5.41, 5.74) is 0.342. The molecule has 1 saturated heterocycles. The van der Waals surface area contributed by atoms with Crippen molar-refractivity contribution in [3.05, 3.63) is 0 Å². The van der Waals surface area contributed by atoms with Gasteiger partial charge in [0.1, 0.15) is 0 Å². The van der Waals surface area contributed by atoms with Gasteiger partial charge in [0.2, 0.25) is 0 Å². The first-order chi connectivity index (χ1) is 5.77. The molecule has 0 bridgehead atoms. The zero-order valence-electron chi connectivity index (χ0n) is 7.60. The first kappa shape index (κ1) is 9.50. The zero-order valence-corrected chi connectivity index (χ0v) is 7.60. The SMILES string of the molecule is CC1(CNCC#N)CCOCC1. The molecule has 0 aromatic carbocycles. The summed E-state index contributed by atoms with van der Waals surface area (Å²) in [6.45, 7) is 5.37. The Kier molecular flexibility index (Phi) is 3.51. The molecule has 0 amide bonds. The number of nitriles is 1. The Morgan fingerprint density at radius 3 is 2.75 bits per heavy atom. The molecule has 12 heavy (non-hydrogen) atoms. The second kappa shape index (κ2) is 4.44. The van der Waals surface area contributed by atoms with Crippen LogP contribution in [-0.2, 0) is 4.74 Å². The number of hydrogen-bond donors (Lipinski definition) is 1. The van der Waals surface area contributed by atoms with Crippen LogP contribution in [0.5, 0.6) is 0 Å². The number of ether oxygens (including phenoxy) is 1. The largest absolute Gasteiger partial charge is 0.381 e. The second-order valence-electron chi connectivity index (χ2n) is 3.68. The Bertz CT molecular complexity index is 168. The van der Waals surface area contributed by atoms with Gasteiger partial charge in [0.15, 0.2) is 0 Å². The smallest absolute Gasteiger partial charge is 0.0841 e. The summed E-state index contributed by atoms with van der Waals surface area (Å²) >= 11 is 0. The molecule has 1 N–H and O–H groups in total. The predicted octanol–water partition coefficient (Wildman–Crippen LogP) is 0.916. The highest BCUT2D eigenvalue weighted by atomic mass is 16.5. The van der Waals surface area contributed by atoms with Gasteiger partial charge in [-0.15, -0.1) is 0 Å². The molecule has 1 aliphatic rings. The van der Waals surface area contributed by atoms with Crippen molar-refractivity contribution in [3.63, 3.8) is 0 Å². The fraction of sp³-hybridized carbons (Fsp3) is 0.889. The average Bonchev–Trinajstić information content (AvgIpc) is 2.06. The predicted molar refractivity (Wildman–Crippen MR) is 46.6 cm³/mol. The van der Waals surface area contributed by atoms with Gasteiger partial charge in [-0.2, -0.15) is 5.26 Å². The van der Waals surface area contributed by atoms with E-state index >= 15 is 0 Å². The van der Waals surface area contributed by atoms with E-state index in [9.17, 15) is 0 Å². The van der Waals surface area contributed by atoms with Crippen molar-refractivity contribution in [2.45, 2.75) is 19.8 Å². The van der Waals surface area contributed by atoms with Crippen LogP contribution < -0.4 is 5.32 Å². The van der Waals surface area contributed by atoms with E-state index in [2.05, 4.69) is 18.3 Å². The second-order valence-corrected chi connectivity index (χ2v) is 3.68. The van der Waals surface area contributed by atoms with Crippen molar-refractivity contribution in [1.29, 1.82) is 5.26 Å². The minimum absolute atomic E-state index is 0.342. The van der Waals surface area contributed by atoms with Crippen LogP contribution in [0.1, 0.15) is 19.8 Å². The first-order valence-electron chi connectivity index (χ1n) is 4.42. The molecule has 0 aromatic rings. The van der Waals surface area contributed by atoms with Crippen LogP contribution in [0.15, 0.2) is 0 Å². The maximum atomic E-state index is 8.34. The molecule has 3 heteroatoms. The lowest BCUT2D eigenvalue weighted by Crippen LogP contribution is -2.36. The van der Waals surface area contributed by atoms with Gasteiger partial charge in [-0.25, -0.2) is 0 Å². The third kappa shape index (κ3) is 2.80. The molecule has 3 nitrogen and oxygen atoms in total.